The van der Waals surface area contributed by atoms with Gasteiger partial charge in [0.1, 0.15) is 5.75 Å². The Morgan fingerprint density at radius 1 is 1.14 bits per heavy atom. The summed E-state index contributed by atoms with van der Waals surface area (Å²) in [5.41, 5.74) is 7.95. The molecule has 1 heterocycles. The van der Waals surface area contributed by atoms with Crippen molar-refractivity contribution in [1.29, 1.82) is 0 Å². The second kappa shape index (κ2) is 5.57. The van der Waals surface area contributed by atoms with Crippen LogP contribution in [-0.4, -0.2) is 17.3 Å². The number of nitrogen functional groups attached to an aromatic ring is 1. The molecule has 0 fully saturated rings. The number of ether oxygens (including phenoxy) is 1. The molecule has 3 aromatic rings. The van der Waals surface area contributed by atoms with Gasteiger partial charge < -0.3 is 15.0 Å². The minimum atomic E-state index is 0.408. The molecule has 21 heavy (non-hydrogen) atoms. The van der Waals surface area contributed by atoms with E-state index in [9.17, 15) is 0 Å². The molecule has 0 aliphatic carbocycles. The maximum absolute atomic E-state index is 5.67. The molecule has 5 nitrogen and oxygen atoms in total. The Bertz CT molecular complexity index is 769. The van der Waals surface area contributed by atoms with Gasteiger partial charge in [-0.2, -0.15) is 4.98 Å². The lowest BCUT2D eigenvalue weighted by atomic mass is 10.2. The van der Waals surface area contributed by atoms with E-state index in [2.05, 4.69) is 26.1 Å². The van der Waals surface area contributed by atoms with Crippen LogP contribution in [0.25, 0.3) is 22.8 Å². The Kier molecular flexibility index (Phi) is 3.62. The lowest BCUT2D eigenvalue weighted by molar-refractivity contribution is 0.405. The lowest BCUT2D eigenvalue weighted by Gasteiger charge is -2.04. The van der Waals surface area contributed by atoms with E-state index in [0.29, 0.717) is 23.2 Å². The number of halogens is 1. The molecule has 0 saturated heterocycles. The average Bonchev–Trinajstić information content (AvgIpc) is 2.97. The number of benzene rings is 2. The van der Waals surface area contributed by atoms with E-state index >= 15 is 0 Å². The van der Waals surface area contributed by atoms with E-state index in [4.69, 9.17) is 15.0 Å². The quantitative estimate of drug-likeness (QED) is 0.731. The molecule has 0 saturated carbocycles. The van der Waals surface area contributed by atoms with Gasteiger partial charge in [0.2, 0.25) is 5.82 Å². The third kappa shape index (κ3) is 2.75. The van der Waals surface area contributed by atoms with E-state index in [1.807, 2.05) is 30.3 Å². The van der Waals surface area contributed by atoms with Gasteiger partial charge in [-0.15, -0.1) is 0 Å². The lowest BCUT2D eigenvalue weighted by Crippen LogP contribution is -1.88. The summed E-state index contributed by atoms with van der Waals surface area (Å²) in [6.07, 6.45) is 0. The Morgan fingerprint density at radius 2 is 1.90 bits per heavy atom. The molecular weight excluding hydrogens is 334 g/mol. The number of hydrogen-bond acceptors (Lipinski definition) is 5. The van der Waals surface area contributed by atoms with Gasteiger partial charge in [-0.1, -0.05) is 21.1 Å². The molecule has 0 radical (unpaired) electrons. The summed E-state index contributed by atoms with van der Waals surface area (Å²) in [5.74, 6) is 1.58. The zero-order valence-corrected chi connectivity index (χ0v) is 12.8. The number of nitrogens with two attached hydrogens (primary N) is 1. The fourth-order valence-corrected chi connectivity index (χ4v) is 2.26. The molecule has 1 aromatic heterocycles. The van der Waals surface area contributed by atoms with Crippen LogP contribution in [0, 0.1) is 0 Å². The van der Waals surface area contributed by atoms with Crippen LogP contribution in [0.1, 0.15) is 0 Å². The monoisotopic (exact) mass is 345 g/mol. The molecule has 2 N–H and O–H groups in total. The van der Waals surface area contributed by atoms with Crippen LogP contribution < -0.4 is 10.5 Å². The van der Waals surface area contributed by atoms with Gasteiger partial charge in [0.05, 0.1) is 12.7 Å². The topological polar surface area (TPSA) is 74.2 Å². The number of nitrogens with zero attached hydrogens (tertiary/aromatic N) is 2. The first-order chi connectivity index (χ1) is 10.2. The van der Waals surface area contributed by atoms with Crippen molar-refractivity contribution in [2.45, 2.75) is 0 Å². The summed E-state index contributed by atoms with van der Waals surface area (Å²) < 4.78 is 11.6. The summed E-state index contributed by atoms with van der Waals surface area (Å²) in [4.78, 5) is 4.40. The van der Waals surface area contributed by atoms with Gasteiger partial charge in [-0.3, -0.25) is 0 Å². The molecule has 0 unspecified atom stereocenters. The number of rotatable bonds is 3. The third-order valence-corrected chi connectivity index (χ3v) is 3.48. The van der Waals surface area contributed by atoms with Crippen molar-refractivity contribution in [3.63, 3.8) is 0 Å². The Hall–Kier alpha value is -2.34. The van der Waals surface area contributed by atoms with Gasteiger partial charge in [0.25, 0.3) is 5.89 Å². The van der Waals surface area contributed by atoms with E-state index < -0.39 is 0 Å². The highest BCUT2D eigenvalue weighted by atomic mass is 79.9. The van der Waals surface area contributed by atoms with E-state index in [0.717, 1.165) is 15.6 Å². The summed E-state index contributed by atoms with van der Waals surface area (Å²) in [7, 11) is 1.60. The smallest absolute Gasteiger partial charge is 0.262 e. The minimum absolute atomic E-state index is 0.408. The van der Waals surface area contributed by atoms with Crippen molar-refractivity contribution in [3.05, 3.63) is 46.9 Å². The Balaban J connectivity index is 2.00. The second-order valence-electron chi connectivity index (χ2n) is 4.39. The van der Waals surface area contributed by atoms with Crippen molar-refractivity contribution in [1.82, 2.24) is 10.1 Å². The van der Waals surface area contributed by atoms with Crippen LogP contribution in [0.15, 0.2) is 51.5 Å². The standard InChI is InChI=1S/C15H12BrN3O2/c1-20-13-8-10(16)4-7-12(13)15-18-14(19-21-15)9-2-5-11(17)6-3-9/h2-8H,17H2,1H3. The summed E-state index contributed by atoms with van der Waals surface area (Å²) in [5, 5.41) is 4.00. The predicted octanol–water partition coefficient (Wildman–Crippen LogP) is 3.76. The van der Waals surface area contributed by atoms with Gasteiger partial charge in [-0.05, 0) is 42.5 Å². The molecule has 6 heteroatoms. The molecule has 0 aliphatic heterocycles. The maximum atomic E-state index is 5.67. The molecule has 0 spiro atoms. The van der Waals surface area contributed by atoms with Gasteiger partial charge in [0.15, 0.2) is 0 Å². The van der Waals surface area contributed by atoms with Crippen LogP contribution in [0.4, 0.5) is 5.69 Å². The molecule has 106 valence electrons. The molecule has 0 bridgehead atoms. The van der Waals surface area contributed by atoms with Crippen molar-refractivity contribution < 1.29 is 9.26 Å². The first-order valence-corrected chi connectivity index (χ1v) is 7.00. The zero-order valence-electron chi connectivity index (χ0n) is 11.2. The largest absolute Gasteiger partial charge is 0.496 e. The number of hydrogen-bond donors (Lipinski definition) is 1. The van der Waals surface area contributed by atoms with Gasteiger partial charge in [0, 0.05) is 15.7 Å². The number of aromatic nitrogens is 2. The zero-order chi connectivity index (χ0) is 14.8. The van der Waals surface area contributed by atoms with E-state index in [1.165, 1.54) is 0 Å². The Morgan fingerprint density at radius 3 is 2.62 bits per heavy atom. The Labute approximate surface area is 129 Å². The highest BCUT2D eigenvalue weighted by molar-refractivity contribution is 9.10. The van der Waals surface area contributed by atoms with Gasteiger partial charge in [-0.25, -0.2) is 0 Å². The second-order valence-corrected chi connectivity index (χ2v) is 5.31. The molecule has 0 atom stereocenters. The minimum Gasteiger partial charge on any atom is -0.496 e. The molecule has 0 amide bonds. The third-order valence-electron chi connectivity index (χ3n) is 2.99. The molecule has 0 aliphatic rings. The predicted molar refractivity (Wildman–Crippen MR) is 83.8 cm³/mol. The fraction of sp³-hybridized carbons (Fsp3) is 0.0667. The molecular formula is C15H12BrN3O2. The molecule has 2 aromatic carbocycles. The van der Waals surface area contributed by atoms with Gasteiger partial charge >= 0.3 is 0 Å². The van der Waals surface area contributed by atoms with Crippen LogP contribution in [0.2, 0.25) is 0 Å². The fourth-order valence-electron chi connectivity index (χ4n) is 1.92. The number of anilines is 1. The van der Waals surface area contributed by atoms with E-state index in [-0.39, 0.29) is 0 Å². The van der Waals surface area contributed by atoms with Crippen molar-refractivity contribution in [3.8, 4) is 28.6 Å². The van der Waals surface area contributed by atoms with Crippen LogP contribution in [0.3, 0.4) is 0 Å². The summed E-state index contributed by atoms with van der Waals surface area (Å²) >= 11 is 3.40. The summed E-state index contributed by atoms with van der Waals surface area (Å²) in [6, 6.07) is 12.9. The SMILES string of the molecule is COc1cc(Br)ccc1-c1nc(-c2ccc(N)cc2)no1. The normalized spacial score (nSPS) is 10.6. The maximum Gasteiger partial charge on any atom is 0.262 e. The van der Waals surface area contributed by atoms with Crippen molar-refractivity contribution in [2.75, 3.05) is 12.8 Å². The number of methoxy groups -OCH3 is 1. The average molecular weight is 346 g/mol. The van der Waals surface area contributed by atoms with Crippen LogP contribution in [0.5, 0.6) is 5.75 Å². The first kappa shape index (κ1) is 13.6. The van der Waals surface area contributed by atoms with Crippen molar-refractivity contribution in [2.24, 2.45) is 0 Å². The van der Waals surface area contributed by atoms with E-state index in [1.54, 1.807) is 19.2 Å². The highest BCUT2D eigenvalue weighted by Crippen LogP contribution is 2.32. The summed E-state index contributed by atoms with van der Waals surface area (Å²) in [6.45, 7) is 0. The van der Waals surface area contributed by atoms with Crippen molar-refractivity contribution >= 4 is 21.6 Å². The molecule has 3 rings (SSSR count). The first-order valence-electron chi connectivity index (χ1n) is 6.21. The highest BCUT2D eigenvalue weighted by Gasteiger charge is 2.15. The van der Waals surface area contributed by atoms with Crippen LogP contribution >= 0.6 is 15.9 Å². The van der Waals surface area contributed by atoms with Crippen LogP contribution in [-0.2, 0) is 0 Å².